The van der Waals surface area contributed by atoms with E-state index < -0.39 is 6.10 Å². The lowest BCUT2D eigenvalue weighted by Gasteiger charge is -2.32. The Kier molecular flexibility index (Phi) is 3.31. The molecule has 5 heteroatoms. The average molecular weight is 288 g/mol. The average Bonchev–Trinajstić information content (AvgIpc) is 2.77. The molecule has 1 aromatic heterocycles. The van der Waals surface area contributed by atoms with Crippen LogP contribution in [0.4, 0.5) is 0 Å². The van der Waals surface area contributed by atoms with E-state index in [0.29, 0.717) is 18.0 Å². The van der Waals surface area contributed by atoms with E-state index in [1.165, 1.54) is 11.3 Å². The highest BCUT2D eigenvalue weighted by atomic mass is 32.1. The number of nitrogens with zero attached hydrogens (tertiary/aromatic N) is 2. The molecule has 0 bridgehead atoms. The second-order valence-corrected chi connectivity index (χ2v) is 6.25. The highest BCUT2D eigenvalue weighted by molar-refractivity contribution is 7.13. The standard InChI is InChI=1S/C15H16N2O2S/c1-9-14(20-10(2)16-9)15(19)17-7-11-5-3-4-6-12(11)13(18)8-17/h3-6,13,18H,7-8H2,1-2H3/t13-/m0/s1. The van der Waals surface area contributed by atoms with Crippen molar-refractivity contribution in [1.82, 2.24) is 9.88 Å². The zero-order valence-electron chi connectivity index (χ0n) is 11.5. The van der Waals surface area contributed by atoms with Gasteiger partial charge in [-0.15, -0.1) is 11.3 Å². The van der Waals surface area contributed by atoms with Crippen LogP contribution in [0.3, 0.4) is 0 Å². The number of aromatic nitrogens is 1. The van der Waals surface area contributed by atoms with E-state index in [0.717, 1.165) is 21.8 Å². The van der Waals surface area contributed by atoms with Gasteiger partial charge in [-0.2, -0.15) is 0 Å². The molecule has 20 heavy (non-hydrogen) atoms. The maximum absolute atomic E-state index is 12.6. The molecule has 3 rings (SSSR count). The summed E-state index contributed by atoms with van der Waals surface area (Å²) >= 11 is 1.41. The summed E-state index contributed by atoms with van der Waals surface area (Å²) in [7, 11) is 0. The summed E-state index contributed by atoms with van der Waals surface area (Å²) in [5.41, 5.74) is 2.71. The van der Waals surface area contributed by atoms with E-state index in [2.05, 4.69) is 4.98 Å². The van der Waals surface area contributed by atoms with Crippen molar-refractivity contribution in [3.8, 4) is 0 Å². The molecule has 104 valence electrons. The Hall–Kier alpha value is -1.72. The van der Waals surface area contributed by atoms with Crippen molar-refractivity contribution >= 4 is 17.2 Å². The van der Waals surface area contributed by atoms with E-state index in [9.17, 15) is 9.90 Å². The lowest BCUT2D eigenvalue weighted by atomic mass is 9.97. The summed E-state index contributed by atoms with van der Waals surface area (Å²) in [4.78, 5) is 19.2. The molecule has 0 unspecified atom stereocenters. The first kappa shape index (κ1) is 13.3. The minimum absolute atomic E-state index is 0.0401. The number of aliphatic hydroxyl groups excluding tert-OH is 1. The zero-order valence-corrected chi connectivity index (χ0v) is 12.3. The zero-order chi connectivity index (χ0) is 14.3. The van der Waals surface area contributed by atoms with Gasteiger partial charge in [0, 0.05) is 6.54 Å². The van der Waals surface area contributed by atoms with Gasteiger partial charge in [-0.25, -0.2) is 4.98 Å². The normalized spacial score (nSPS) is 17.9. The fraction of sp³-hybridized carbons (Fsp3) is 0.333. The smallest absolute Gasteiger partial charge is 0.266 e. The van der Waals surface area contributed by atoms with Crippen LogP contribution in [-0.4, -0.2) is 27.4 Å². The maximum Gasteiger partial charge on any atom is 0.266 e. The number of benzene rings is 1. The van der Waals surface area contributed by atoms with Crippen LogP contribution < -0.4 is 0 Å². The molecule has 0 spiro atoms. The number of hydrogen-bond acceptors (Lipinski definition) is 4. The molecule has 0 saturated carbocycles. The minimum Gasteiger partial charge on any atom is -0.387 e. The highest BCUT2D eigenvalue weighted by Crippen LogP contribution is 2.28. The third-order valence-corrected chi connectivity index (χ3v) is 4.61. The van der Waals surface area contributed by atoms with Crippen LogP contribution >= 0.6 is 11.3 Å². The van der Waals surface area contributed by atoms with Crippen LogP contribution in [0.2, 0.25) is 0 Å². The predicted octanol–water partition coefficient (Wildman–Crippen LogP) is 2.45. The Morgan fingerprint density at radius 2 is 2.15 bits per heavy atom. The Balaban J connectivity index is 1.90. The number of β-amino-alcohol motifs (C(OH)–C–C–N with tert-alkyl or cyclic N) is 1. The molecular formula is C15H16N2O2S. The van der Waals surface area contributed by atoms with Crippen molar-refractivity contribution in [3.05, 3.63) is 51.0 Å². The molecule has 2 aromatic rings. The van der Waals surface area contributed by atoms with Gasteiger partial charge in [0.25, 0.3) is 5.91 Å². The lowest BCUT2D eigenvalue weighted by molar-refractivity contribution is 0.0553. The Morgan fingerprint density at radius 3 is 2.85 bits per heavy atom. The molecular weight excluding hydrogens is 272 g/mol. The molecule has 1 N–H and O–H groups in total. The van der Waals surface area contributed by atoms with E-state index in [-0.39, 0.29) is 5.91 Å². The first-order chi connectivity index (χ1) is 9.56. The maximum atomic E-state index is 12.6. The first-order valence-corrected chi connectivity index (χ1v) is 7.37. The molecule has 0 saturated heterocycles. The molecule has 0 radical (unpaired) electrons. The van der Waals surface area contributed by atoms with Gasteiger partial charge in [-0.05, 0) is 25.0 Å². The number of hydrogen-bond donors (Lipinski definition) is 1. The molecule has 0 fully saturated rings. The number of thiazole rings is 1. The van der Waals surface area contributed by atoms with Crippen LogP contribution in [0.25, 0.3) is 0 Å². The molecule has 1 aliphatic heterocycles. The Morgan fingerprint density at radius 1 is 1.40 bits per heavy atom. The van der Waals surface area contributed by atoms with E-state index in [1.54, 1.807) is 4.90 Å². The lowest BCUT2D eigenvalue weighted by Crippen LogP contribution is -2.38. The van der Waals surface area contributed by atoms with E-state index in [4.69, 9.17) is 0 Å². The molecule has 1 aromatic carbocycles. The fourth-order valence-corrected chi connectivity index (χ4v) is 3.50. The highest BCUT2D eigenvalue weighted by Gasteiger charge is 2.28. The van der Waals surface area contributed by atoms with Gasteiger partial charge in [-0.3, -0.25) is 4.79 Å². The number of aryl methyl sites for hydroxylation is 2. The van der Waals surface area contributed by atoms with Gasteiger partial charge in [0.05, 0.1) is 23.4 Å². The van der Waals surface area contributed by atoms with Crippen LogP contribution in [0.5, 0.6) is 0 Å². The largest absolute Gasteiger partial charge is 0.387 e. The predicted molar refractivity (Wildman–Crippen MR) is 77.7 cm³/mol. The Labute approximate surface area is 121 Å². The summed E-state index contributed by atoms with van der Waals surface area (Å²) in [5, 5.41) is 11.1. The van der Waals surface area contributed by atoms with Gasteiger partial charge in [0.2, 0.25) is 0 Å². The Bertz CT molecular complexity index is 666. The van der Waals surface area contributed by atoms with Crippen LogP contribution in [-0.2, 0) is 6.54 Å². The summed E-state index contributed by atoms with van der Waals surface area (Å²) in [6.45, 7) is 4.63. The van der Waals surface area contributed by atoms with Gasteiger partial charge in [0.1, 0.15) is 4.88 Å². The summed E-state index contributed by atoms with van der Waals surface area (Å²) in [5.74, 6) is -0.0401. The number of aliphatic hydroxyl groups is 1. The van der Waals surface area contributed by atoms with Gasteiger partial charge in [-0.1, -0.05) is 24.3 Å². The fourth-order valence-electron chi connectivity index (χ4n) is 2.61. The molecule has 1 amide bonds. The van der Waals surface area contributed by atoms with E-state index >= 15 is 0 Å². The van der Waals surface area contributed by atoms with Crippen molar-refractivity contribution in [2.75, 3.05) is 6.54 Å². The molecule has 2 heterocycles. The number of carbonyl (C=O) groups excluding carboxylic acids is 1. The third-order valence-electron chi connectivity index (χ3n) is 3.55. The molecule has 1 atom stereocenters. The second kappa shape index (κ2) is 5.00. The number of rotatable bonds is 1. The van der Waals surface area contributed by atoms with Crippen molar-refractivity contribution in [2.24, 2.45) is 0 Å². The monoisotopic (exact) mass is 288 g/mol. The topological polar surface area (TPSA) is 53.4 Å². The van der Waals surface area contributed by atoms with Crippen molar-refractivity contribution in [1.29, 1.82) is 0 Å². The first-order valence-electron chi connectivity index (χ1n) is 6.55. The quantitative estimate of drug-likeness (QED) is 0.877. The summed E-state index contributed by atoms with van der Waals surface area (Å²) in [6.07, 6.45) is -0.613. The van der Waals surface area contributed by atoms with Gasteiger partial charge >= 0.3 is 0 Å². The number of fused-ring (bicyclic) bond motifs is 1. The van der Waals surface area contributed by atoms with Gasteiger partial charge in [0.15, 0.2) is 0 Å². The van der Waals surface area contributed by atoms with Crippen LogP contribution in [0.1, 0.15) is 37.6 Å². The van der Waals surface area contributed by atoms with Crippen molar-refractivity contribution in [2.45, 2.75) is 26.5 Å². The second-order valence-electron chi connectivity index (χ2n) is 5.05. The molecule has 0 aliphatic carbocycles. The summed E-state index contributed by atoms with van der Waals surface area (Å²) < 4.78 is 0. The van der Waals surface area contributed by atoms with Crippen LogP contribution in [0.15, 0.2) is 24.3 Å². The SMILES string of the molecule is Cc1nc(C)c(C(=O)N2Cc3ccccc3[C@@H](O)C2)s1. The van der Waals surface area contributed by atoms with Crippen LogP contribution in [0, 0.1) is 13.8 Å². The van der Waals surface area contributed by atoms with Gasteiger partial charge < -0.3 is 10.0 Å². The van der Waals surface area contributed by atoms with E-state index in [1.807, 2.05) is 38.1 Å². The minimum atomic E-state index is -0.613. The van der Waals surface area contributed by atoms with Crippen molar-refractivity contribution < 1.29 is 9.90 Å². The third kappa shape index (κ3) is 2.23. The molecule has 1 aliphatic rings. The summed E-state index contributed by atoms with van der Waals surface area (Å²) in [6, 6.07) is 7.73. The number of amides is 1. The molecule has 4 nitrogen and oxygen atoms in total. The van der Waals surface area contributed by atoms with Crippen molar-refractivity contribution in [3.63, 3.8) is 0 Å². The number of carbonyl (C=O) groups is 1.